The number of alkyl halides is 3. The first-order valence-electron chi connectivity index (χ1n) is 6.83. The van der Waals surface area contributed by atoms with E-state index < -0.39 is 11.7 Å². The number of pyridine rings is 2. The second-order valence-electron chi connectivity index (χ2n) is 5.07. The number of rotatable bonds is 3. The SMILES string of the molecule is O=C(c1ccncc1)N1CC(Oc2cc(C(F)(F)F)ccn2)C1. The quantitative estimate of drug-likeness (QED) is 0.870. The van der Waals surface area contributed by atoms with Gasteiger partial charge < -0.3 is 9.64 Å². The molecule has 1 amide bonds. The third kappa shape index (κ3) is 3.41. The monoisotopic (exact) mass is 323 g/mol. The van der Waals surface area contributed by atoms with Crippen molar-refractivity contribution in [2.45, 2.75) is 12.3 Å². The van der Waals surface area contributed by atoms with Crippen molar-refractivity contribution in [2.75, 3.05) is 13.1 Å². The Morgan fingerprint density at radius 3 is 2.52 bits per heavy atom. The van der Waals surface area contributed by atoms with Gasteiger partial charge in [-0.3, -0.25) is 9.78 Å². The number of hydrogen-bond acceptors (Lipinski definition) is 4. The lowest BCUT2D eigenvalue weighted by Crippen LogP contribution is -2.56. The average molecular weight is 323 g/mol. The first-order valence-corrected chi connectivity index (χ1v) is 6.83. The molecule has 0 spiro atoms. The minimum atomic E-state index is -4.44. The van der Waals surface area contributed by atoms with E-state index >= 15 is 0 Å². The third-order valence-electron chi connectivity index (χ3n) is 3.41. The molecule has 23 heavy (non-hydrogen) atoms. The predicted molar refractivity (Wildman–Crippen MR) is 73.8 cm³/mol. The minimum Gasteiger partial charge on any atom is -0.471 e. The van der Waals surface area contributed by atoms with E-state index in [2.05, 4.69) is 9.97 Å². The highest BCUT2D eigenvalue weighted by atomic mass is 19.4. The van der Waals surface area contributed by atoms with Gasteiger partial charge in [0, 0.05) is 30.2 Å². The van der Waals surface area contributed by atoms with Crippen molar-refractivity contribution in [1.82, 2.24) is 14.9 Å². The van der Waals surface area contributed by atoms with Gasteiger partial charge in [-0.15, -0.1) is 0 Å². The van der Waals surface area contributed by atoms with Crippen LogP contribution in [-0.4, -0.2) is 40.0 Å². The fourth-order valence-corrected chi connectivity index (χ4v) is 2.18. The summed E-state index contributed by atoms with van der Waals surface area (Å²) in [5, 5.41) is 0. The van der Waals surface area contributed by atoms with Crippen LogP contribution >= 0.6 is 0 Å². The number of hydrogen-bond donors (Lipinski definition) is 0. The Kier molecular flexibility index (Phi) is 3.89. The van der Waals surface area contributed by atoms with Gasteiger partial charge in [0.1, 0.15) is 6.10 Å². The van der Waals surface area contributed by atoms with E-state index in [1.54, 1.807) is 17.0 Å². The number of likely N-dealkylation sites (tertiary alicyclic amines) is 1. The van der Waals surface area contributed by atoms with E-state index in [1.807, 2.05) is 0 Å². The van der Waals surface area contributed by atoms with E-state index in [4.69, 9.17) is 4.74 Å². The van der Waals surface area contributed by atoms with Gasteiger partial charge in [0.15, 0.2) is 0 Å². The van der Waals surface area contributed by atoms with Gasteiger partial charge in [-0.25, -0.2) is 4.98 Å². The van der Waals surface area contributed by atoms with Crippen LogP contribution in [0.3, 0.4) is 0 Å². The molecule has 0 aliphatic carbocycles. The van der Waals surface area contributed by atoms with Crippen LogP contribution in [0, 0.1) is 0 Å². The Morgan fingerprint density at radius 2 is 1.87 bits per heavy atom. The average Bonchev–Trinajstić information content (AvgIpc) is 2.50. The van der Waals surface area contributed by atoms with Crippen LogP contribution in [0.1, 0.15) is 15.9 Å². The molecule has 3 heterocycles. The molecule has 0 radical (unpaired) electrons. The molecule has 0 unspecified atom stereocenters. The van der Waals surface area contributed by atoms with Gasteiger partial charge in [0.25, 0.3) is 5.91 Å². The maximum Gasteiger partial charge on any atom is 0.416 e. The molecule has 120 valence electrons. The van der Waals surface area contributed by atoms with Gasteiger partial charge >= 0.3 is 6.18 Å². The summed E-state index contributed by atoms with van der Waals surface area (Å²) in [6, 6.07) is 4.94. The summed E-state index contributed by atoms with van der Waals surface area (Å²) in [5.41, 5.74) is -0.304. The normalized spacial score (nSPS) is 15.2. The highest BCUT2D eigenvalue weighted by molar-refractivity contribution is 5.94. The molecule has 2 aromatic heterocycles. The van der Waals surface area contributed by atoms with E-state index in [9.17, 15) is 18.0 Å². The summed E-state index contributed by atoms with van der Waals surface area (Å²) in [4.78, 5) is 21.2. The molecule has 3 rings (SSSR count). The second-order valence-corrected chi connectivity index (χ2v) is 5.07. The molecule has 1 aliphatic heterocycles. The van der Waals surface area contributed by atoms with Crippen LogP contribution in [0.2, 0.25) is 0 Å². The second kappa shape index (κ2) is 5.86. The van der Waals surface area contributed by atoms with E-state index in [-0.39, 0.29) is 17.9 Å². The molecule has 8 heteroatoms. The molecule has 0 bridgehead atoms. The molecule has 1 saturated heterocycles. The largest absolute Gasteiger partial charge is 0.471 e. The van der Waals surface area contributed by atoms with E-state index in [0.717, 1.165) is 18.3 Å². The smallest absolute Gasteiger partial charge is 0.416 e. The molecule has 0 aromatic carbocycles. The van der Waals surface area contributed by atoms with Crippen molar-refractivity contribution in [1.29, 1.82) is 0 Å². The first kappa shape index (κ1) is 15.3. The minimum absolute atomic E-state index is 0.0964. The molecular weight excluding hydrogens is 311 g/mol. The van der Waals surface area contributed by atoms with Crippen LogP contribution in [0.25, 0.3) is 0 Å². The Morgan fingerprint density at radius 1 is 1.17 bits per heavy atom. The van der Waals surface area contributed by atoms with Crippen molar-refractivity contribution in [2.24, 2.45) is 0 Å². The van der Waals surface area contributed by atoms with E-state index in [1.165, 1.54) is 12.4 Å². The van der Waals surface area contributed by atoms with E-state index in [0.29, 0.717) is 18.7 Å². The molecule has 2 aromatic rings. The Labute approximate surface area is 129 Å². The summed E-state index contributed by atoms with van der Waals surface area (Å²) in [6.45, 7) is 0.609. The summed E-state index contributed by atoms with van der Waals surface area (Å²) >= 11 is 0. The van der Waals surface area contributed by atoms with Crippen molar-refractivity contribution >= 4 is 5.91 Å². The topological polar surface area (TPSA) is 55.3 Å². The van der Waals surface area contributed by atoms with Crippen molar-refractivity contribution in [3.63, 3.8) is 0 Å². The van der Waals surface area contributed by atoms with Gasteiger partial charge in [-0.1, -0.05) is 0 Å². The highest BCUT2D eigenvalue weighted by Gasteiger charge is 2.34. The number of carbonyl (C=O) groups excluding carboxylic acids is 1. The van der Waals surface area contributed by atoms with Crippen LogP contribution in [0.4, 0.5) is 13.2 Å². The fourth-order valence-electron chi connectivity index (χ4n) is 2.18. The fraction of sp³-hybridized carbons (Fsp3) is 0.267. The van der Waals surface area contributed by atoms with Gasteiger partial charge in [0.2, 0.25) is 5.88 Å². The van der Waals surface area contributed by atoms with Crippen LogP contribution in [-0.2, 0) is 6.18 Å². The molecule has 0 saturated carbocycles. The maximum atomic E-state index is 12.6. The highest BCUT2D eigenvalue weighted by Crippen LogP contribution is 2.31. The maximum absolute atomic E-state index is 12.6. The molecule has 5 nitrogen and oxygen atoms in total. The van der Waals surface area contributed by atoms with Crippen LogP contribution < -0.4 is 4.74 Å². The van der Waals surface area contributed by atoms with Gasteiger partial charge in [-0.2, -0.15) is 13.2 Å². The Hall–Kier alpha value is -2.64. The summed E-state index contributed by atoms with van der Waals surface area (Å²) in [5.74, 6) is -0.259. The van der Waals surface area contributed by atoms with Crippen molar-refractivity contribution < 1.29 is 22.7 Å². The predicted octanol–water partition coefficient (Wildman–Crippen LogP) is 2.40. The molecule has 0 N–H and O–H groups in total. The summed E-state index contributed by atoms with van der Waals surface area (Å²) < 4.78 is 43.2. The van der Waals surface area contributed by atoms with Crippen LogP contribution in [0.15, 0.2) is 42.9 Å². The van der Waals surface area contributed by atoms with Crippen molar-refractivity contribution in [3.05, 3.63) is 54.0 Å². The number of ether oxygens (including phenoxy) is 1. The number of amides is 1. The van der Waals surface area contributed by atoms with Gasteiger partial charge in [-0.05, 0) is 18.2 Å². The van der Waals surface area contributed by atoms with Crippen molar-refractivity contribution in [3.8, 4) is 5.88 Å². The molecule has 0 atom stereocenters. The number of nitrogens with zero attached hydrogens (tertiary/aromatic N) is 3. The Balaban J connectivity index is 1.58. The lowest BCUT2D eigenvalue weighted by molar-refractivity contribution is -0.137. The standard InChI is InChI=1S/C15H12F3N3O2/c16-15(17,18)11-3-6-20-13(7-11)23-12-8-21(9-12)14(22)10-1-4-19-5-2-10/h1-7,12H,8-9H2. The zero-order valence-corrected chi connectivity index (χ0v) is 11.8. The number of halogens is 3. The molecule has 1 fully saturated rings. The first-order chi connectivity index (χ1) is 10.9. The molecule has 1 aliphatic rings. The lowest BCUT2D eigenvalue weighted by Gasteiger charge is -2.38. The summed E-state index contributed by atoms with van der Waals surface area (Å²) in [6.07, 6.45) is -0.710. The van der Waals surface area contributed by atoms with Crippen LogP contribution in [0.5, 0.6) is 5.88 Å². The zero-order chi connectivity index (χ0) is 16.4. The number of aromatic nitrogens is 2. The lowest BCUT2D eigenvalue weighted by atomic mass is 10.1. The van der Waals surface area contributed by atoms with Gasteiger partial charge in [0.05, 0.1) is 18.7 Å². The third-order valence-corrected chi connectivity index (χ3v) is 3.41. The Bertz CT molecular complexity index is 701. The molecular formula is C15H12F3N3O2. The zero-order valence-electron chi connectivity index (χ0n) is 11.8. The number of carbonyl (C=O) groups is 1. The summed E-state index contributed by atoms with van der Waals surface area (Å²) in [7, 11) is 0.